The van der Waals surface area contributed by atoms with E-state index in [1.165, 1.54) is 17.8 Å². The second kappa shape index (κ2) is 8.42. The van der Waals surface area contributed by atoms with Crippen molar-refractivity contribution in [2.45, 2.75) is 39.7 Å². The Morgan fingerprint density at radius 3 is 3.07 bits per heavy atom. The van der Waals surface area contributed by atoms with E-state index in [1.807, 2.05) is 13.8 Å². The summed E-state index contributed by atoms with van der Waals surface area (Å²) < 4.78 is 1.74. The predicted octanol–water partition coefficient (Wildman–Crippen LogP) is 1.17. The Balaban J connectivity index is 1.33. The summed E-state index contributed by atoms with van der Waals surface area (Å²) in [7, 11) is 0. The molecule has 0 saturated carbocycles. The number of rotatable bonds is 6. The molecule has 1 fully saturated rings. The van der Waals surface area contributed by atoms with E-state index in [0.29, 0.717) is 35.8 Å². The van der Waals surface area contributed by atoms with Gasteiger partial charge in [-0.15, -0.1) is 16.4 Å². The number of hydrogen-bond acceptors (Lipinski definition) is 7. The zero-order valence-electron chi connectivity index (χ0n) is 16.6. The van der Waals surface area contributed by atoms with Crippen LogP contribution in [0.4, 0.5) is 0 Å². The van der Waals surface area contributed by atoms with E-state index in [9.17, 15) is 9.59 Å². The van der Waals surface area contributed by atoms with Crippen LogP contribution in [0.5, 0.6) is 0 Å². The quantitative estimate of drug-likeness (QED) is 0.556. The minimum atomic E-state index is -0.274. The predicted molar refractivity (Wildman–Crippen MR) is 111 cm³/mol. The molecule has 0 spiro atoms. The number of nitrogens with zero attached hydrogens (tertiary/aromatic N) is 4. The molecule has 1 amide bonds. The van der Waals surface area contributed by atoms with Crippen LogP contribution in [0.2, 0.25) is 0 Å². The van der Waals surface area contributed by atoms with Crippen LogP contribution in [0.15, 0.2) is 11.0 Å². The minimum Gasteiger partial charge on any atom is -0.350 e. The highest BCUT2D eigenvalue weighted by molar-refractivity contribution is 7.18. The first kappa shape index (κ1) is 19.7. The summed E-state index contributed by atoms with van der Waals surface area (Å²) in [5.74, 6) is 0.811. The first-order valence-corrected chi connectivity index (χ1v) is 10.7. The maximum Gasteiger partial charge on any atom is 0.273 e. The molecule has 1 unspecified atom stereocenters. The lowest BCUT2D eigenvalue weighted by Crippen LogP contribution is -2.32. The molecule has 3 aromatic heterocycles. The van der Waals surface area contributed by atoms with Gasteiger partial charge in [-0.2, -0.15) is 0 Å². The van der Waals surface area contributed by atoms with Crippen molar-refractivity contribution in [1.82, 2.24) is 35.6 Å². The van der Waals surface area contributed by atoms with Crippen LogP contribution < -0.4 is 16.2 Å². The van der Waals surface area contributed by atoms with Crippen molar-refractivity contribution in [2.75, 3.05) is 19.6 Å². The fourth-order valence-electron chi connectivity index (χ4n) is 3.64. The molecule has 1 saturated heterocycles. The molecule has 1 aliphatic rings. The Labute approximate surface area is 171 Å². The van der Waals surface area contributed by atoms with Gasteiger partial charge in [0.2, 0.25) is 0 Å². The average Bonchev–Trinajstić information content (AvgIpc) is 3.27. The zero-order chi connectivity index (χ0) is 20.4. The Hall–Kier alpha value is -2.59. The van der Waals surface area contributed by atoms with Crippen molar-refractivity contribution < 1.29 is 4.79 Å². The van der Waals surface area contributed by atoms with Gasteiger partial charge >= 0.3 is 0 Å². The summed E-state index contributed by atoms with van der Waals surface area (Å²) in [6.45, 7) is 7.08. The van der Waals surface area contributed by atoms with Gasteiger partial charge < -0.3 is 15.6 Å². The number of nitrogens with one attached hydrogen (secondary N) is 3. The number of aromatic amines is 1. The number of aryl methyl sites for hydroxylation is 2. The normalized spacial score (nSPS) is 17.0. The molecule has 4 rings (SSSR count). The lowest BCUT2D eigenvalue weighted by atomic mass is 10.00. The van der Waals surface area contributed by atoms with Crippen molar-refractivity contribution in [3.63, 3.8) is 0 Å². The summed E-state index contributed by atoms with van der Waals surface area (Å²) >= 11 is 1.52. The Kier molecular flexibility index (Phi) is 5.72. The van der Waals surface area contributed by atoms with Gasteiger partial charge in [0.05, 0.1) is 11.6 Å². The molecule has 0 bridgehead atoms. The molecule has 4 heterocycles. The number of carbonyl (C=O) groups excluding carboxylic acids is 1. The summed E-state index contributed by atoms with van der Waals surface area (Å²) in [6, 6.07) is 0. The van der Waals surface area contributed by atoms with E-state index in [1.54, 1.807) is 10.9 Å². The Bertz CT molecular complexity index is 1080. The molecule has 1 aliphatic heterocycles. The van der Waals surface area contributed by atoms with Gasteiger partial charge in [0.15, 0.2) is 5.69 Å². The Morgan fingerprint density at radius 2 is 2.28 bits per heavy atom. The summed E-state index contributed by atoms with van der Waals surface area (Å²) in [5.41, 5.74) is 1.15. The summed E-state index contributed by atoms with van der Waals surface area (Å²) in [4.78, 5) is 33.8. The summed E-state index contributed by atoms with van der Waals surface area (Å²) in [6.07, 6.45) is 4.45. The second-order valence-electron chi connectivity index (χ2n) is 7.52. The molecule has 3 aromatic rings. The number of hydrogen-bond donors (Lipinski definition) is 3. The van der Waals surface area contributed by atoms with Crippen molar-refractivity contribution in [1.29, 1.82) is 0 Å². The lowest BCUT2D eigenvalue weighted by Gasteiger charge is -2.22. The largest absolute Gasteiger partial charge is 0.350 e. The van der Waals surface area contributed by atoms with Gasteiger partial charge in [0.25, 0.3) is 11.5 Å². The van der Waals surface area contributed by atoms with E-state index in [4.69, 9.17) is 0 Å². The van der Waals surface area contributed by atoms with Crippen LogP contribution in [0, 0.1) is 19.8 Å². The Morgan fingerprint density at radius 1 is 1.41 bits per heavy atom. The fourth-order valence-corrected chi connectivity index (χ4v) is 4.69. The number of thiophene rings is 1. The van der Waals surface area contributed by atoms with E-state index >= 15 is 0 Å². The SMILES string of the molecule is Cc1sc2nc(CCNC(=O)c3cn(CC4CCCNC4)nn3)[nH]c(=O)c2c1C. The third kappa shape index (κ3) is 4.38. The summed E-state index contributed by atoms with van der Waals surface area (Å²) in [5, 5.41) is 14.9. The molecular weight excluding hydrogens is 390 g/mol. The zero-order valence-corrected chi connectivity index (χ0v) is 17.4. The highest BCUT2D eigenvalue weighted by Gasteiger charge is 2.17. The van der Waals surface area contributed by atoms with Gasteiger partial charge in [0.1, 0.15) is 10.7 Å². The highest BCUT2D eigenvalue weighted by Crippen LogP contribution is 2.25. The molecule has 0 aliphatic carbocycles. The second-order valence-corrected chi connectivity index (χ2v) is 8.72. The first-order chi connectivity index (χ1) is 14.0. The highest BCUT2D eigenvalue weighted by atomic mass is 32.1. The number of fused-ring (bicyclic) bond motifs is 1. The number of piperidine rings is 1. The maximum atomic E-state index is 12.3. The van der Waals surface area contributed by atoms with E-state index in [2.05, 4.69) is 30.9 Å². The van der Waals surface area contributed by atoms with Crippen LogP contribution in [0.1, 0.15) is 39.6 Å². The van der Waals surface area contributed by atoms with Crippen molar-refractivity contribution in [3.05, 3.63) is 38.5 Å². The lowest BCUT2D eigenvalue weighted by molar-refractivity contribution is 0.0949. The standard InChI is InChI=1S/C19H25N7O2S/c1-11-12(2)29-19-16(11)18(28)22-15(23-19)5-7-21-17(27)14-10-26(25-24-14)9-13-4-3-6-20-8-13/h10,13,20H,3-9H2,1-2H3,(H,21,27)(H,22,23,28). The maximum absolute atomic E-state index is 12.3. The number of H-pyrrole nitrogens is 1. The van der Waals surface area contributed by atoms with E-state index in [0.717, 1.165) is 41.3 Å². The third-order valence-electron chi connectivity index (χ3n) is 5.35. The monoisotopic (exact) mass is 415 g/mol. The molecule has 3 N–H and O–H groups in total. The van der Waals surface area contributed by atoms with Gasteiger partial charge in [-0.3, -0.25) is 14.3 Å². The molecule has 1 atom stereocenters. The smallest absolute Gasteiger partial charge is 0.273 e. The third-order valence-corrected chi connectivity index (χ3v) is 6.45. The van der Waals surface area contributed by atoms with Gasteiger partial charge in [-0.1, -0.05) is 5.21 Å². The molecule has 9 nitrogen and oxygen atoms in total. The molecule has 10 heteroatoms. The number of carbonyl (C=O) groups is 1. The average molecular weight is 416 g/mol. The van der Waals surface area contributed by atoms with Crippen molar-refractivity contribution in [3.8, 4) is 0 Å². The molecule has 0 radical (unpaired) electrons. The van der Waals surface area contributed by atoms with E-state index < -0.39 is 0 Å². The molecular formula is C19H25N7O2S. The molecule has 29 heavy (non-hydrogen) atoms. The van der Waals surface area contributed by atoms with Crippen LogP contribution in [0.3, 0.4) is 0 Å². The minimum absolute atomic E-state index is 0.127. The van der Waals surface area contributed by atoms with Crippen molar-refractivity contribution >= 4 is 27.5 Å². The topological polar surface area (TPSA) is 118 Å². The van der Waals surface area contributed by atoms with Crippen LogP contribution in [-0.4, -0.2) is 50.5 Å². The fraction of sp³-hybridized carbons (Fsp3) is 0.526. The number of aromatic nitrogens is 5. The van der Waals surface area contributed by atoms with Gasteiger partial charge in [0, 0.05) is 24.4 Å². The van der Waals surface area contributed by atoms with Crippen LogP contribution in [-0.2, 0) is 13.0 Å². The molecule has 0 aromatic carbocycles. The van der Waals surface area contributed by atoms with Crippen molar-refractivity contribution in [2.24, 2.45) is 5.92 Å². The van der Waals surface area contributed by atoms with E-state index in [-0.39, 0.29) is 11.5 Å². The van der Waals surface area contributed by atoms with Gasteiger partial charge in [-0.05, 0) is 51.3 Å². The number of amides is 1. The van der Waals surface area contributed by atoms with Gasteiger partial charge in [-0.25, -0.2) is 4.98 Å². The first-order valence-electron chi connectivity index (χ1n) is 9.89. The van der Waals surface area contributed by atoms with Crippen LogP contribution >= 0.6 is 11.3 Å². The van der Waals surface area contributed by atoms with Crippen LogP contribution in [0.25, 0.3) is 10.2 Å². The molecule has 154 valence electrons.